The zero-order valence-corrected chi connectivity index (χ0v) is 10.7. The van der Waals surface area contributed by atoms with Gasteiger partial charge in [0, 0.05) is 12.1 Å². The second-order valence-corrected chi connectivity index (χ2v) is 4.89. The SMILES string of the molecule is CCNC1(CO)CCCC1CCOCC(F)(F)F. The topological polar surface area (TPSA) is 41.5 Å². The fourth-order valence-corrected chi connectivity index (χ4v) is 2.83. The summed E-state index contributed by atoms with van der Waals surface area (Å²) in [5.74, 6) is 0.190. The van der Waals surface area contributed by atoms with Crippen LogP contribution in [0.5, 0.6) is 0 Å². The summed E-state index contributed by atoms with van der Waals surface area (Å²) in [6.45, 7) is 1.66. The smallest absolute Gasteiger partial charge is 0.394 e. The number of aliphatic hydroxyl groups is 1. The summed E-state index contributed by atoms with van der Waals surface area (Å²) in [6.07, 6.45) is -0.892. The summed E-state index contributed by atoms with van der Waals surface area (Å²) in [5.41, 5.74) is -0.323. The minimum Gasteiger partial charge on any atom is -0.394 e. The first kappa shape index (κ1) is 15.7. The van der Waals surface area contributed by atoms with Gasteiger partial charge in [-0.25, -0.2) is 0 Å². The third-order valence-corrected chi connectivity index (χ3v) is 3.64. The molecule has 0 saturated heterocycles. The highest BCUT2D eigenvalue weighted by Gasteiger charge is 2.41. The van der Waals surface area contributed by atoms with E-state index < -0.39 is 12.8 Å². The molecular formula is C12H22F3NO2. The molecule has 0 aromatic carbocycles. The third-order valence-electron chi connectivity index (χ3n) is 3.64. The summed E-state index contributed by atoms with van der Waals surface area (Å²) >= 11 is 0. The molecule has 1 aliphatic rings. The lowest BCUT2D eigenvalue weighted by Crippen LogP contribution is -2.51. The molecular weight excluding hydrogens is 247 g/mol. The second kappa shape index (κ2) is 6.73. The second-order valence-electron chi connectivity index (χ2n) is 4.89. The van der Waals surface area contributed by atoms with Crippen molar-refractivity contribution >= 4 is 0 Å². The molecule has 0 aromatic heterocycles. The van der Waals surface area contributed by atoms with Crippen molar-refractivity contribution < 1.29 is 23.0 Å². The Hall–Kier alpha value is -0.330. The van der Waals surface area contributed by atoms with Crippen LogP contribution in [0.15, 0.2) is 0 Å². The van der Waals surface area contributed by atoms with Crippen molar-refractivity contribution in [3.05, 3.63) is 0 Å². The van der Waals surface area contributed by atoms with Crippen molar-refractivity contribution in [2.75, 3.05) is 26.4 Å². The Morgan fingerprint density at radius 1 is 1.44 bits per heavy atom. The zero-order chi connectivity index (χ0) is 13.6. The molecule has 2 atom stereocenters. The van der Waals surface area contributed by atoms with Crippen LogP contribution >= 0.6 is 0 Å². The van der Waals surface area contributed by atoms with E-state index >= 15 is 0 Å². The van der Waals surface area contributed by atoms with E-state index in [1.165, 1.54) is 0 Å². The number of rotatable bonds is 7. The van der Waals surface area contributed by atoms with Gasteiger partial charge < -0.3 is 15.2 Å². The van der Waals surface area contributed by atoms with Crippen molar-refractivity contribution in [1.29, 1.82) is 0 Å². The predicted octanol–water partition coefficient (Wildman–Crippen LogP) is 2.10. The lowest BCUT2D eigenvalue weighted by molar-refractivity contribution is -0.174. The highest BCUT2D eigenvalue weighted by molar-refractivity contribution is 4.98. The van der Waals surface area contributed by atoms with Crippen molar-refractivity contribution in [1.82, 2.24) is 5.32 Å². The number of hydrogen-bond acceptors (Lipinski definition) is 3. The Labute approximate surface area is 106 Å². The number of nitrogens with one attached hydrogen (secondary N) is 1. The maximum atomic E-state index is 11.9. The van der Waals surface area contributed by atoms with Crippen molar-refractivity contribution in [2.45, 2.75) is 44.3 Å². The van der Waals surface area contributed by atoms with Crippen LogP contribution in [0.1, 0.15) is 32.6 Å². The monoisotopic (exact) mass is 269 g/mol. The van der Waals surface area contributed by atoms with E-state index in [0.717, 1.165) is 25.8 Å². The Kier molecular flexibility index (Phi) is 5.88. The number of aliphatic hydroxyl groups excluding tert-OH is 1. The number of hydrogen-bond donors (Lipinski definition) is 2. The summed E-state index contributed by atoms with van der Waals surface area (Å²) in [6, 6.07) is 0. The molecule has 6 heteroatoms. The largest absolute Gasteiger partial charge is 0.411 e. The molecule has 0 aliphatic heterocycles. The Balaban J connectivity index is 2.36. The number of halogens is 3. The van der Waals surface area contributed by atoms with Crippen LogP contribution in [-0.2, 0) is 4.74 Å². The van der Waals surface area contributed by atoms with E-state index in [4.69, 9.17) is 0 Å². The molecule has 108 valence electrons. The molecule has 0 heterocycles. The average Bonchev–Trinajstić information content (AvgIpc) is 2.68. The van der Waals surface area contributed by atoms with Gasteiger partial charge in [-0.3, -0.25) is 0 Å². The molecule has 18 heavy (non-hydrogen) atoms. The summed E-state index contributed by atoms with van der Waals surface area (Å²) in [7, 11) is 0. The fourth-order valence-electron chi connectivity index (χ4n) is 2.83. The molecule has 0 bridgehead atoms. The van der Waals surface area contributed by atoms with Crippen LogP contribution in [0.2, 0.25) is 0 Å². The molecule has 1 fully saturated rings. The fraction of sp³-hybridized carbons (Fsp3) is 1.00. The van der Waals surface area contributed by atoms with Crippen LogP contribution < -0.4 is 5.32 Å². The molecule has 3 nitrogen and oxygen atoms in total. The Bertz CT molecular complexity index is 248. The van der Waals surface area contributed by atoms with Gasteiger partial charge in [-0.1, -0.05) is 13.3 Å². The average molecular weight is 269 g/mol. The zero-order valence-electron chi connectivity index (χ0n) is 10.7. The molecule has 2 N–H and O–H groups in total. The molecule has 0 aromatic rings. The molecule has 0 spiro atoms. The van der Waals surface area contributed by atoms with E-state index in [2.05, 4.69) is 10.1 Å². The first-order chi connectivity index (χ1) is 8.43. The predicted molar refractivity (Wildman–Crippen MR) is 62.3 cm³/mol. The lowest BCUT2D eigenvalue weighted by Gasteiger charge is -2.34. The molecule has 2 unspecified atom stereocenters. The van der Waals surface area contributed by atoms with E-state index in [0.29, 0.717) is 6.42 Å². The van der Waals surface area contributed by atoms with Gasteiger partial charge in [0.1, 0.15) is 6.61 Å². The van der Waals surface area contributed by atoms with E-state index in [9.17, 15) is 18.3 Å². The van der Waals surface area contributed by atoms with Crippen LogP contribution in [0.3, 0.4) is 0 Å². The molecule has 1 saturated carbocycles. The van der Waals surface area contributed by atoms with E-state index in [-0.39, 0.29) is 24.7 Å². The lowest BCUT2D eigenvalue weighted by atomic mass is 9.85. The quantitative estimate of drug-likeness (QED) is 0.695. The summed E-state index contributed by atoms with van der Waals surface area (Å²) in [5, 5.41) is 12.8. The van der Waals surface area contributed by atoms with Crippen LogP contribution in [0.4, 0.5) is 13.2 Å². The van der Waals surface area contributed by atoms with Gasteiger partial charge in [0.05, 0.1) is 6.61 Å². The minimum atomic E-state index is -4.26. The maximum Gasteiger partial charge on any atom is 0.411 e. The van der Waals surface area contributed by atoms with Crippen molar-refractivity contribution in [3.63, 3.8) is 0 Å². The number of ether oxygens (including phenoxy) is 1. The molecule has 0 amide bonds. The van der Waals surface area contributed by atoms with Gasteiger partial charge >= 0.3 is 6.18 Å². The van der Waals surface area contributed by atoms with Gasteiger partial charge in [-0.15, -0.1) is 0 Å². The van der Waals surface area contributed by atoms with Crippen LogP contribution in [0.25, 0.3) is 0 Å². The van der Waals surface area contributed by atoms with Crippen molar-refractivity contribution in [3.8, 4) is 0 Å². The Morgan fingerprint density at radius 3 is 2.72 bits per heavy atom. The maximum absolute atomic E-state index is 11.9. The first-order valence-electron chi connectivity index (χ1n) is 6.44. The highest BCUT2D eigenvalue weighted by atomic mass is 19.4. The molecule has 1 aliphatic carbocycles. The number of alkyl halides is 3. The first-order valence-corrected chi connectivity index (χ1v) is 6.44. The van der Waals surface area contributed by atoms with Crippen LogP contribution in [-0.4, -0.2) is 43.2 Å². The standard InChI is InChI=1S/C12H22F3NO2/c1-2-16-11(8-17)6-3-4-10(11)5-7-18-9-12(13,14)15/h10,16-17H,2-9H2,1H3. The third kappa shape index (κ3) is 4.40. The van der Waals surface area contributed by atoms with Gasteiger partial charge in [0.15, 0.2) is 0 Å². The van der Waals surface area contributed by atoms with E-state index in [1.54, 1.807) is 0 Å². The number of likely N-dealkylation sites (N-methyl/N-ethyl adjacent to an activating group) is 1. The summed E-state index contributed by atoms with van der Waals surface area (Å²) < 4.78 is 40.4. The van der Waals surface area contributed by atoms with Gasteiger partial charge in [0.2, 0.25) is 0 Å². The van der Waals surface area contributed by atoms with Gasteiger partial charge in [-0.05, 0) is 31.7 Å². The highest BCUT2D eigenvalue weighted by Crippen LogP contribution is 2.37. The Morgan fingerprint density at radius 2 is 2.17 bits per heavy atom. The van der Waals surface area contributed by atoms with Crippen molar-refractivity contribution in [2.24, 2.45) is 5.92 Å². The normalized spacial score (nSPS) is 28.8. The molecule has 0 radical (unpaired) electrons. The van der Waals surface area contributed by atoms with Crippen LogP contribution in [0, 0.1) is 5.92 Å². The minimum absolute atomic E-state index is 0.0325. The summed E-state index contributed by atoms with van der Waals surface area (Å²) in [4.78, 5) is 0. The van der Waals surface area contributed by atoms with Gasteiger partial charge in [-0.2, -0.15) is 13.2 Å². The van der Waals surface area contributed by atoms with E-state index in [1.807, 2.05) is 6.92 Å². The molecule has 1 rings (SSSR count). The van der Waals surface area contributed by atoms with Gasteiger partial charge in [0.25, 0.3) is 0 Å².